The summed E-state index contributed by atoms with van der Waals surface area (Å²) >= 11 is 0. The van der Waals surface area contributed by atoms with Crippen LogP contribution in [0.15, 0.2) is 60.7 Å². The van der Waals surface area contributed by atoms with Crippen molar-refractivity contribution in [3.63, 3.8) is 0 Å². The van der Waals surface area contributed by atoms with Crippen molar-refractivity contribution < 1.29 is 33.4 Å². The van der Waals surface area contributed by atoms with Crippen molar-refractivity contribution in [2.45, 2.75) is 24.8 Å². The number of esters is 3. The van der Waals surface area contributed by atoms with Gasteiger partial charge in [-0.2, -0.15) is 0 Å². The van der Waals surface area contributed by atoms with Gasteiger partial charge in [-0.1, -0.05) is 60.7 Å². The quantitative estimate of drug-likeness (QED) is 0.468. The molecule has 2 aromatic rings. The van der Waals surface area contributed by atoms with Gasteiger partial charge in [-0.25, -0.2) is 4.79 Å². The highest BCUT2D eigenvalue weighted by Gasteiger charge is 2.43. The molecule has 2 atom stereocenters. The zero-order valence-electron chi connectivity index (χ0n) is 18.5. The number of hydrogen-bond acceptors (Lipinski definition) is 7. The molecule has 0 aliphatic rings. The molecule has 2 aromatic carbocycles. The first-order chi connectivity index (χ1) is 15.3. The number of hydrogen-bond donors (Lipinski definition) is 1. The van der Waals surface area contributed by atoms with E-state index >= 15 is 0 Å². The minimum Gasteiger partial charge on any atom is -0.469 e. The summed E-state index contributed by atoms with van der Waals surface area (Å²) in [5.41, 5.74) is 0.144. The molecule has 32 heavy (non-hydrogen) atoms. The number of nitrogens with one attached hydrogen (secondary N) is 1. The molecule has 0 aliphatic heterocycles. The number of methoxy groups -OCH3 is 3. The molecular weight excluding hydrogens is 414 g/mol. The summed E-state index contributed by atoms with van der Waals surface area (Å²) in [6.45, 7) is 1.72. The molecule has 0 saturated carbocycles. The summed E-state index contributed by atoms with van der Waals surface area (Å²) in [6, 6.07) is 16.6. The van der Waals surface area contributed by atoms with Gasteiger partial charge in [-0.3, -0.25) is 14.4 Å². The molecule has 0 unspecified atom stereocenters. The molecule has 0 aromatic heterocycles. The fraction of sp³-hybridized carbons (Fsp3) is 0.333. The molecule has 0 saturated heterocycles. The second-order valence-corrected chi connectivity index (χ2v) is 7.24. The summed E-state index contributed by atoms with van der Waals surface area (Å²) in [5.74, 6) is -4.37. The summed E-state index contributed by atoms with van der Waals surface area (Å²) in [6.07, 6.45) is -0.476. The van der Waals surface area contributed by atoms with Crippen molar-refractivity contribution in [2.24, 2.45) is 5.92 Å². The second kappa shape index (κ2) is 11.1. The first kappa shape index (κ1) is 24.6. The maximum Gasteiger partial charge on any atom is 0.329 e. The molecule has 2 rings (SSSR count). The monoisotopic (exact) mass is 441 g/mol. The summed E-state index contributed by atoms with van der Waals surface area (Å²) in [5, 5.41) is 2.63. The van der Waals surface area contributed by atoms with Gasteiger partial charge < -0.3 is 19.5 Å². The third-order valence-corrected chi connectivity index (χ3v) is 5.42. The molecule has 8 nitrogen and oxygen atoms in total. The smallest absolute Gasteiger partial charge is 0.329 e. The SMILES string of the molecule is COC(=O)C[C@@H](C(=O)OC)[C@@H](NC(=O)C(C)(c1ccccc1)c1ccccc1)C(=O)OC. The Balaban J connectivity index is 2.52. The molecule has 0 heterocycles. The minimum absolute atomic E-state index is 0.476. The van der Waals surface area contributed by atoms with E-state index in [-0.39, 0.29) is 0 Å². The number of amides is 1. The maximum atomic E-state index is 13.7. The van der Waals surface area contributed by atoms with Crippen molar-refractivity contribution in [1.82, 2.24) is 5.32 Å². The Bertz CT molecular complexity index is 904. The highest BCUT2D eigenvalue weighted by Crippen LogP contribution is 2.33. The average molecular weight is 441 g/mol. The van der Waals surface area contributed by atoms with Gasteiger partial charge in [-0.05, 0) is 18.1 Å². The highest BCUT2D eigenvalue weighted by molar-refractivity contribution is 5.96. The van der Waals surface area contributed by atoms with Gasteiger partial charge in [0.25, 0.3) is 0 Å². The van der Waals surface area contributed by atoms with Crippen LogP contribution in [0.3, 0.4) is 0 Å². The zero-order valence-corrected chi connectivity index (χ0v) is 18.5. The van der Waals surface area contributed by atoms with Crippen LogP contribution < -0.4 is 5.32 Å². The van der Waals surface area contributed by atoms with Crippen LogP contribution >= 0.6 is 0 Å². The van der Waals surface area contributed by atoms with E-state index in [1.54, 1.807) is 55.5 Å². The standard InChI is InChI=1S/C24H27NO7/c1-24(16-11-7-5-8-12-16,17-13-9-6-10-14-17)23(29)25-20(22(28)32-4)18(21(27)31-3)15-19(26)30-2/h5-14,18,20H,15H2,1-4H3,(H,25,29)/t18-,20-/m1/s1. The van der Waals surface area contributed by atoms with Gasteiger partial charge in [-0.15, -0.1) is 0 Å². The van der Waals surface area contributed by atoms with E-state index in [4.69, 9.17) is 9.47 Å². The molecule has 0 spiro atoms. The minimum atomic E-state index is -1.47. The van der Waals surface area contributed by atoms with Crippen LogP contribution in [-0.4, -0.2) is 51.2 Å². The van der Waals surface area contributed by atoms with Crippen molar-refractivity contribution in [1.29, 1.82) is 0 Å². The van der Waals surface area contributed by atoms with E-state index in [1.807, 2.05) is 12.1 Å². The number of ether oxygens (including phenoxy) is 3. The van der Waals surface area contributed by atoms with Gasteiger partial charge >= 0.3 is 17.9 Å². The zero-order chi connectivity index (χ0) is 23.7. The molecule has 1 amide bonds. The predicted octanol–water partition coefficient (Wildman–Crippen LogP) is 2.00. The van der Waals surface area contributed by atoms with E-state index in [1.165, 1.54) is 0 Å². The van der Waals surface area contributed by atoms with Crippen molar-refractivity contribution >= 4 is 23.8 Å². The molecule has 0 aliphatic carbocycles. The van der Waals surface area contributed by atoms with Crippen LogP contribution in [0, 0.1) is 5.92 Å². The van der Waals surface area contributed by atoms with Crippen LogP contribution in [0.1, 0.15) is 24.5 Å². The molecule has 8 heteroatoms. The van der Waals surface area contributed by atoms with Gasteiger partial charge in [0, 0.05) is 0 Å². The van der Waals surface area contributed by atoms with Crippen LogP contribution in [-0.2, 0) is 38.8 Å². The lowest BCUT2D eigenvalue weighted by Gasteiger charge is -2.32. The predicted molar refractivity (Wildman–Crippen MR) is 115 cm³/mol. The molecule has 0 fully saturated rings. The molecule has 0 radical (unpaired) electrons. The van der Waals surface area contributed by atoms with Crippen LogP contribution in [0.4, 0.5) is 0 Å². The Morgan fingerprint density at radius 1 is 0.781 bits per heavy atom. The van der Waals surface area contributed by atoms with Crippen molar-refractivity contribution in [2.75, 3.05) is 21.3 Å². The topological polar surface area (TPSA) is 108 Å². The van der Waals surface area contributed by atoms with Gasteiger partial charge in [0.05, 0.1) is 39.1 Å². The summed E-state index contributed by atoms with van der Waals surface area (Å²) < 4.78 is 14.2. The highest BCUT2D eigenvalue weighted by atomic mass is 16.5. The second-order valence-electron chi connectivity index (χ2n) is 7.24. The normalized spacial score (nSPS) is 12.8. The number of carbonyl (C=O) groups excluding carboxylic acids is 4. The van der Waals surface area contributed by atoms with E-state index < -0.39 is 47.6 Å². The van der Waals surface area contributed by atoms with Gasteiger partial charge in [0.2, 0.25) is 5.91 Å². The first-order valence-corrected chi connectivity index (χ1v) is 9.94. The molecular formula is C24H27NO7. The summed E-state index contributed by atoms with van der Waals surface area (Å²) in [7, 11) is 3.41. The van der Waals surface area contributed by atoms with Crippen LogP contribution in [0.5, 0.6) is 0 Å². The van der Waals surface area contributed by atoms with Gasteiger partial charge in [0.1, 0.15) is 6.04 Å². The van der Waals surface area contributed by atoms with E-state index in [2.05, 4.69) is 10.1 Å². The largest absolute Gasteiger partial charge is 0.469 e. The van der Waals surface area contributed by atoms with Crippen LogP contribution in [0.2, 0.25) is 0 Å². The Labute approximate surface area is 186 Å². The molecule has 170 valence electrons. The lowest BCUT2D eigenvalue weighted by Crippen LogP contribution is -2.55. The van der Waals surface area contributed by atoms with E-state index in [0.717, 1.165) is 21.3 Å². The van der Waals surface area contributed by atoms with Gasteiger partial charge in [0.15, 0.2) is 0 Å². The Morgan fingerprint density at radius 3 is 1.66 bits per heavy atom. The van der Waals surface area contributed by atoms with E-state index in [9.17, 15) is 19.2 Å². The fourth-order valence-corrected chi connectivity index (χ4v) is 3.46. The fourth-order valence-electron chi connectivity index (χ4n) is 3.46. The Morgan fingerprint density at radius 2 is 1.25 bits per heavy atom. The first-order valence-electron chi connectivity index (χ1n) is 9.94. The average Bonchev–Trinajstić information content (AvgIpc) is 2.85. The van der Waals surface area contributed by atoms with Crippen LogP contribution in [0.25, 0.3) is 0 Å². The van der Waals surface area contributed by atoms with Crippen molar-refractivity contribution in [3.8, 4) is 0 Å². The Kier molecular flexibility index (Phi) is 8.52. The number of benzene rings is 2. The number of rotatable bonds is 9. The van der Waals surface area contributed by atoms with E-state index in [0.29, 0.717) is 11.1 Å². The summed E-state index contributed by atoms with van der Waals surface area (Å²) in [4.78, 5) is 50.6. The maximum absolute atomic E-state index is 13.7. The lowest BCUT2D eigenvalue weighted by atomic mass is 9.75. The third-order valence-electron chi connectivity index (χ3n) is 5.42. The lowest BCUT2D eigenvalue weighted by molar-refractivity contribution is -0.159. The number of carbonyl (C=O) groups is 4. The molecule has 0 bridgehead atoms. The third kappa shape index (κ3) is 5.32. The van der Waals surface area contributed by atoms with Crippen molar-refractivity contribution in [3.05, 3.63) is 71.8 Å². The Hall–Kier alpha value is -3.68. The molecule has 1 N–H and O–H groups in total.